The second kappa shape index (κ2) is 8.53. The maximum Gasteiger partial charge on any atom is 0.416 e. The second-order valence-corrected chi connectivity index (χ2v) is 8.20. The van der Waals surface area contributed by atoms with E-state index >= 15 is 0 Å². The van der Waals surface area contributed by atoms with Crippen LogP contribution in [0, 0.1) is 6.92 Å². The van der Waals surface area contributed by atoms with Crippen molar-refractivity contribution in [3.05, 3.63) is 76.7 Å². The third kappa shape index (κ3) is 4.23. The van der Waals surface area contributed by atoms with Crippen LogP contribution in [0.25, 0.3) is 11.6 Å². The van der Waals surface area contributed by atoms with Crippen molar-refractivity contribution in [3.63, 3.8) is 0 Å². The Morgan fingerprint density at radius 3 is 2.71 bits per heavy atom. The van der Waals surface area contributed by atoms with Gasteiger partial charge in [0.05, 0.1) is 17.8 Å². The molecule has 0 spiro atoms. The number of aliphatic imine (C=N–C) groups is 1. The number of pyridine rings is 2. The number of amidine groups is 1. The molecule has 2 N–H and O–H groups in total. The van der Waals surface area contributed by atoms with E-state index in [0.29, 0.717) is 12.2 Å². The van der Waals surface area contributed by atoms with Crippen molar-refractivity contribution >= 4 is 40.6 Å². The van der Waals surface area contributed by atoms with Crippen LogP contribution in [0.15, 0.2) is 53.8 Å². The number of anilines is 3. The van der Waals surface area contributed by atoms with Crippen molar-refractivity contribution in [2.75, 3.05) is 35.7 Å². The molecule has 0 unspecified atom stereocenters. The minimum atomic E-state index is -4.56. The average Bonchev–Trinajstić information content (AvgIpc) is 3.34. The molecule has 7 nitrogen and oxygen atoms in total. The molecule has 0 radical (unpaired) electrons. The highest BCUT2D eigenvalue weighted by Gasteiger charge is 2.32. The van der Waals surface area contributed by atoms with Gasteiger partial charge in [-0.3, -0.25) is 14.8 Å². The summed E-state index contributed by atoms with van der Waals surface area (Å²) in [5.41, 5.74) is 3.87. The van der Waals surface area contributed by atoms with E-state index in [1.54, 1.807) is 18.3 Å². The maximum absolute atomic E-state index is 13.0. The van der Waals surface area contributed by atoms with Crippen molar-refractivity contribution in [1.82, 2.24) is 9.97 Å². The monoisotopic (exact) mass is 478 g/mol. The van der Waals surface area contributed by atoms with Gasteiger partial charge in [-0.25, -0.2) is 4.98 Å². The first-order chi connectivity index (χ1) is 16.7. The van der Waals surface area contributed by atoms with E-state index in [2.05, 4.69) is 25.5 Å². The number of nitrogens with one attached hydrogen (secondary N) is 2. The number of nitrogens with zero attached hydrogens (tertiary/aromatic N) is 4. The van der Waals surface area contributed by atoms with Gasteiger partial charge in [0.25, 0.3) is 5.91 Å². The maximum atomic E-state index is 13.0. The minimum absolute atomic E-state index is 0.314. The molecule has 178 valence electrons. The highest BCUT2D eigenvalue weighted by molar-refractivity contribution is 6.36. The summed E-state index contributed by atoms with van der Waals surface area (Å²) < 4.78 is 39.1. The Labute approximate surface area is 199 Å². The topological polar surface area (TPSA) is 82.5 Å². The number of hydrogen-bond acceptors (Lipinski definition) is 6. The Bertz CT molecular complexity index is 1400. The van der Waals surface area contributed by atoms with Crippen LogP contribution in [0.1, 0.15) is 32.7 Å². The van der Waals surface area contributed by atoms with Gasteiger partial charge in [0.2, 0.25) is 0 Å². The molecule has 35 heavy (non-hydrogen) atoms. The third-order valence-electron chi connectivity index (χ3n) is 5.95. The molecule has 0 saturated heterocycles. The molecule has 1 amide bonds. The Morgan fingerprint density at radius 2 is 1.94 bits per heavy atom. The highest BCUT2D eigenvalue weighted by Crippen LogP contribution is 2.38. The van der Waals surface area contributed by atoms with Crippen LogP contribution in [0.2, 0.25) is 0 Å². The standard InChI is InChI=1S/C25H21F3N6O/c1-14-3-4-17(33-24(35)20-10-16(5-6-30-20)25(26,27)28)11-18(14)19-9-15-13-32-22(29-2)12-21(15)34-8-7-31-23(19)34/h3-6,9-13H,7-8H2,1-2H3,(H,29,32)(H,33,35). The molecular weight excluding hydrogens is 457 g/mol. The van der Waals surface area contributed by atoms with Gasteiger partial charge in [-0.05, 0) is 48.4 Å². The van der Waals surface area contributed by atoms with Crippen LogP contribution >= 0.6 is 0 Å². The molecule has 3 aromatic rings. The van der Waals surface area contributed by atoms with E-state index in [9.17, 15) is 18.0 Å². The number of amides is 1. The summed E-state index contributed by atoms with van der Waals surface area (Å²) in [7, 11) is 1.82. The minimum Gasteiger partial charge on any atom is -0.373 e. The van der Waals surface area contributed by atoms with E-state index < -0.39 is 17.6 Å². The van der Waals surface area contributed by atoms with Gasteiger partial charge in [0.1, 0.15) is 17.3 Å². The molecule has 0 aliphatic carbocycles. The van der Waals surface area contributed by atoms with Gasteiger partial charge in [-0.2, -0.15) is 13.2 Å². The average molecular weight is 478 g/mol. The van der Waals surface area contributed by atoms with Crippen molar-refractivity contribution in [1.29, 1.82) is 0 Å². The first-order valence-electron chi connectivity index (χ1n) is 10.9. The van der Waals surface area contributed by atoms with E-state index in [0.717, 1.165) is 64.5 Å². The lowest BCUT2D eigenvalue weighted by Gasteiger charge is -2.29. The number of carbonyl (C=O) groups excluding carboxylic acids is 1. The van der Waals surface area contributed by atoms with Gasteiger partial charge in [-0.1, -0.05) is 6.07 Å². The Hall–Kier alpha value is -4.21. The predicted octanol–water partition coefficient (Wildman–Crippen LogP) is 4.87. The normalized spacial score (nSPS) is 14.6. The predicted molar refractivity (Wildman–Crippen MR) is 130 cm³/mol. The molecule has 0 bridgehead atoms. The lowest BCUT2D eigenvalue weighted by molar-refractivity contribution is -0.137. The fourth-order valence-electron chi connectivity index (χ4n) is 4.18. The zero-order valence-corrected chi connectivity index (χ0v) is 18.9. The molecule has 0 atom stereocenters. The third-order valence-corrected chi connectivity index (χ3v) is 5.95. The highest BCUT2D eigenvalue weighted by atomic mass is 19.4. The molecule has 2 aliphatic heterocycles. The largest absolute Gasteiger partial charge is 0.416 e. The Kier molecular flexibility index (Phi) is 5.50. The fourth-order valence-corrected chi connectivity index (χ4v) is 4.18. The molecular formula is C25H21F3N6O. The summed E-state index contributed by atoms with van der Waals surface area (Å²) >= 11 is 0. The fraction of sp³-hybridized carbons (Fsp3) is 0.200. The lowest BCUT2D eigenvalue weighted by atomic mass is 9.93. The van der Waals surface area contributed by atoms with Gasteiger partial charge >= 0.3 is 6.18 Å². The molecule has 1 aromatic carbocycles. The van der Waals surface area contributed by atoms with Crippen molar-refractivity contribution in [2.24, 2.45) is 4.99 Å². The number of benzene rings is 1. The van der Waals surface area contributed by atoms with Gasteiger partial charge in [0.15, 0.2) is 0 Å². The quantitative estimate of drug-likeness (QED) is 0.559. The van der Waals surface area contributed by atoms with Crippen LogP contribution in [0.4, 0.5) is 30.4 Å². The molecule has 5 rings (SSSR count). The van der Waals surface area contributed by atoms with Crippen molar-refractivity contribution < 1.29 is 18.0 Å². The molecule has 2 aliphatic rings. The van der Waals surface area contributed by atoms with Gasteiger partial charge in [-0.15, -0.1) is 0 Å². The number of halogens is 3. The number of aromatic nitrogens is 2. The zero-order chi connectivity index (χ0) is 24.7. The van der Waals surface area contributed by atoms with E-state index in [4.69, 9.17) is 4.99 Å². The molecule has 0 saturated carbocycles. The number of alkyl halides is 3. The van der Waals surface area contributed by atoms with Crippen LogP contribution in [0.5, 0.6) is 0 Å². The van der Waals surface area contributed by atoms with E-state index in [1.165, 1.54) is 0 Å². The van der Waals surface area contributed by atoms with Crippen molar-refractivity contribution in [3.8, 4) is 0 Å². The van der Waals surface area contributed by atoms with Gasteiger partial charge in [0, 0.05) is 48.9 Å². The SMILES string of the molecule is CNc1cc2c(cn1)C=C(c1cc(NC(=O)c3cc(C(F)(F)F)ccn3)ccc1C)C1=NCCN12. The summed E-state index contributed by atoms with van der Waals surface area (Å²) in [6, 6.07) is 8.90. The van der Waals surface area contributed by atoms with E-state index in [1.807, 2.05) is 32.2 Å². The summed E-state index contributed by atoms with van der Waals surface area (Å²) in [5, 5.41) is 5.72. The molecule has 10 heteroatoms. The zero-order valence-electron chi connectivity index (χ0n) is 18.9. The van der Waals surface area contributed by atoms with Crippen LogP contribution in [0.3, 0.4) is 0 Å². The van der Waals surface area contributed by atoms with Gasteiger partial charge < -0.3 is 15.5 Å². The van der Waals surface area contributed by atoms with E-state index in [-0.39, 0.29) is 5.69 Å². The lowest BCUT2D eigenvalue weighted by Crippen LogP contribution is -2.31. The first-order valence-corrected chi connectivity index (χ1v) is 10.9. The summed E-state index contributed by atoms with van der Waals surface area (Å²) in [4.78, 5) is 27.7. The molecule has 2 aromatic heterocycles. The van der Waals surface area contributed by atoms with Crippen LogP contribution < -0.4 is 15.5 Å². The smallest absolute Gasteiger partial charge is 0.373 e. The first kappa shape index (κ1) is 22.6. The molecule has 0 fully saturated rings. The Morgan fingerprint density at radius 1 is 1.11 bits per heavy atom. The second-order valence-electron chi connectivity index (χ2n) is 8.20. The van der Waals surface area contributed by atoms with Crippen LogP contribution in [-0.4, -0.2) is 41.8 Å². The summed E-state index contributed by atoms with van der Waals surface area (Å²) in [5.74, 6) is 0.866. The summed E-state index contributed by atoms with van der Waals surface area (Å²) in [6.07, 6.45) is 0.236. The summed E-state index contributed by atoms with van der Waals surface area (Å²) in [6.45, 7) is 3.34. The van der Waals surface area contributed by atoms with Crippen molar-refractivity contribution in [2.45, 2.75) is 13.1 Å². The number of carbonyl (C=O) groups is 1. The Balaban J connectivity index is 1.49. The number of fused-ring (bicyclic) bond motifs is 3. The van der Waals surface area contributed by atoms with Crippen LogP contribution in [-0.2, 0) is 6.18 Å². The number of aryl methyl sites for hydroxylation is 1. The number of rotatable bonds is 4. The molecule has 4 heterocycles. The number of hydrogen-bond donors (Lipinski definition) is 2.